The van der Waals surface area contributed by atoms with Crippen LogP contribution in [0.3, 0.4) is 0 Å². The number of aromatic nitrogens is 3. The van der Waals surface area contributed by atoms with Crippen molar-refractivity contribution in [2.24, 2.45) is 5.92 Å². The van der Waals surface area contributed by atoms with Crippen molar-refractivity contribution in [2.45, 2.75) is 76.4 Å². The number of halogens is 3. The summed E-state index contributed by atoms with van der Waals surface area (Å²) in [5, 5.41) is 4.80. The van der Waals surface area contributed by atoms with Gasteiger partial charge in [-0.15, -0.1) is 0 Å². The summed E-state index contributed by atoms with van der Waals surface area (Å²) in [6, 6.07) is 3.87. The first-order valence-corrected chi connectivity index (χ1v) is 11.0. The van der Waals surface area contributed by atoms with E-state index in [0.29, 0.717) is 25.0 Å². The van der Waals surface area contributed by atoms with Gasteiger partial charge < -0.3 is 9.64 Å². The molecule has 2 aromatic rings. The molecule has 2 fully saturated rings. The highest BCUT2D eigenvalue weighted by atomic mass is 19.4. The van der Waals surface area contributed by atoms with Gasteiger partial charge in [0, 0.05) is 36.2 Å². The standard InChI is InChI=1S/C22H29F3N4O2/c1-13-11-19(17-5-4-10-28(14(17)2)21(30)31-3)29-20(26-13)12-18(27-29)15-6-8-16(9-7-15)22(23,24)25/h11-12,14-17H,4-10H2,1-3H3/t14-,15?,16?,17-/m0/s1. The Morgan fingerprint density at radius 2 is 1.87 bits per heavy atom. The van der Waals surface area contributed by atoms with E-state index in [4.69, 9.17) is 9.84 Å². The van der Waals surface area contributed by atoms with E-state index < -0.39 is 12.1 Å². The Kier molecular flexibility index (Phi) is 5.87. The zero-order valence-corrected chi connectivity index (χ0v) is 18.2. The van der Waals surface area contributed by atoms with E-state index in [1.807, 2.05) is 30.5 Å². The van der Waals surface area contributed by atoms with E-state index >= 15 is 0 Å². The highest BCUT2D eigenvalue weighted by Crippen LogP contribution is 2.43. The van der Waals surface area contributed by atoms with E-state index in [-0.39, 0.29) is 36.8 Å². The average molecular weight is 438 g/mol. The van der Waals surface area contributed by atoms with Crippen LogP contribution in [0.25, 0.3) is 5.65 Å². The third kappa shape index (κ3) is 4.23. The highest BCUT2D eigenvalue weighted by molar-refractivity contribution is 5.68. The molecular formula is C22H29F3N4O2. The predicted octanol–water partition coefficient (Wildman–Crippen LogP) is 5.21. The number of hydrogen-bond acceptors (Lipinski definition) is 4. The summed E-state index contributed by atoms with van der Waals surface area (Å²) in [7, 11) is 1.39. The van der Waals surface area contributed by atoms with Crippen molar-refractivity contribution in [3.05, 3.63) is 29.2 Å². The van der Waals surface area contributed by atoms with E-state index in [0.717, 1.165) is 29.9 Å². The first-order chi connectivity index (χ1) is 14.7. The number of aryl methyl sites for hydroxylation is 1. The second-order valence-corrected chi connectivity index (χ2v) is 8.90. The van der Waals surface area contributed by atoms with Crippen LogP contribution in [0.5, 0.6) is 0 Å². The molecule has 1 saturated heterocycles. The number of hydrogen-bond donors (Lipinski definition) is 0. The van der Waals surface area contributed by atoms with Gasteiger partial charge in [-0.1, -0.05) is 0 Å². The predicted molar refractivity (Wildman–Crippen MR) is 109 cm³/mol. The number of alkyl halides is 3. The molecule has 6 nitrogen and oxygen atoms in total. The number of likely N-dealkylation sites (tertiary alicyclic amines) is 1. The molecule has 9 heteroatoms. The molecule has 1 saturated carbocycles. The number of fused-ring (bicyclic) bond motifs is 1. The lowest BCUT2D eigenvalue weighted by molar-refractivity contribution is -0.182. The Morgan fingerprint density at radius 3 is 2.52 bits per heavy atom. The van der Waals surface area contributed by atoms with Crippen LogP contribution in [0.2, 0.25) is 0 Å². The number of carbonyl (C=O) groups excluding carboxylic acids is 1. The molecule has 0 radical (unpaired) electrons. The molecule has 2 atom stereocenters. The van der Waals surface area contributed by atoms with E-state index in [9.17, 15) is 18.0 Å². The summed E-state index contributed by atoms with van der Waals surface area (Å²) < 4.78 is 45.9. The van der Waals surface area contributed by atoms with Crippen molar-refractivity contribution in [1.82, 2.24) is 19.5 Å². The molecule has 170 valence electrons. The van der Waals surface area contributed by atoms with Crippen LogP contribution in [-0.2, 0) is 4.74 Å². The molecular weight excluding hydrogens is 409 g/mol. The van der Waals surface area contributed by atoms with Gasteiger partial charge in [0.1, 0.15) is 0 Å². The topological polar surface area (TPSA) is 59.7 Å². The molecule has 3 heterocycles. The monoisotopic (exact) mass is 438 g/mol. The van der Waals surface area contributed by atoms with Gasteiger partial charge in [0.15, 0.2) is 5.65 Å². The molecule has 0 N–H and O–H groups in total. The van der Waals surface area contributed by atoms with E-state index in [1.54, 1.807) is 4.90 Å². The largest absolute Gasteiger partial charge is 0.453 e. The van der Waals surface area contributed by atoms with Gasteiger partial charge in [0.25, 0.3) is 0 Å². The maximum absolute atomic E-state index is 13.0. The van der Waals surface area contributed by atoms with Gasteiger partial charge in [-0.25, -0.2) is 14.3 Å². The Balaban J connectivity index is 1.62. The number of ether oxygens (including phenoxy) is 1. The third-order valence-electron chi connectivity index (χ3n) is 6.99. The second kappa shape index (κ2) is 8.31. The Bertz CT molecular complexity index is 950. The van der Waals surface area contributed by atoms with E-state index in [2.05, 4.69) is 4.98 Å². The van der Waals surface area contributed by atoms with Crippen molar-refractivity contribution >= 4 is 11.7 Å². The summed E-state index contributed by atoms with van der Waals surface area (Å²) in [6.45, 7) is 4.60. The van der Waals surface area contributed by atoms with Gasteiger partial charge in [0.2, 0.25) is 0 Å². The summed E-state index contributed by atoms with van der Waals surface area (Å²) in [4.78, 5) is 18.5. The van der Waals surface area contributed by atoms with E-state index in [1.165, 1.54) is 7.11 Å². The minimum atomic E-state index is -4.11. The fourth-order valence-electron chi connectivity index (χ4n) is 5.24. The molecule has 0 aromatic carbocycles. The lowest BCUT2D eigenvalue weighted by atomic mass is 9.80. The van der Waals surface area contributed by atoms with Crippen molar-refractivity contribution < 1.29 is 22.7 Å². The zero-order valence-electron chi connectivity index (χ0n) is 18.2. The Labute approximate surface area is 179 Å². The van der Waals surface area contributed by atoms with Crippen LogP contribution in [-0.4, -0.2) is 51.5 Å². The van der Waals surface area contributed by atoms with Crippen LogP contribution in [0.1, 0.15) is 74.4 Å². The molecule has 0 unspecified atom stereocenters. The summed E-state index contributed by atoms with van der Waals surface area (Å²) in [6.07, 6.45) is -1.40. The van der Waals surface area contributed by atoms with Gasteiger partial charge >= 0.3 is 12.3 Å². The number of rotatable bonds is 2. The van der Waals surface area contributed by atoms with Crippen LogP contribution in [0.15, 0.2) is 12.1 Å². The van der Waals surface area contributed by atoms with Gasteiger partial charge in [-0.2, -0.15) is 18.3 Å². The van der Waals surface area contributed by atoms with Crippen molar-refractivity contribution in [3.63, 3.8) is 0 Å². The number of nitrogens with zero attached hydrogens (tertiary/aromatic N) is 4. The maximum atomic E-state index is 13.0. The molecule has 0 spiro atoms. The first kappa shape index (κ1) is 21.9. The van der Waals surface area contributed by atoms with Crippen molar-refractivity contribution in [2.75, 3.05) is 13.7 Å². The Morgan fingerprint density at radius 1 is 1.16 bits per heavy atom. The number of carbonyl (C=O) groups is 1. The average Bonchev–Trinajstić information content (AvgIpc) is 3.16. The highest BCUT2D eigenvalue weighted by Gasteiger charge is 2.42. The van der Waals surface area contributed by atoms with Crippen LogP contribution >= 0.6 is 0 Å². The van der Waals surface area contributed by atoms with Crippen molar-refractivity contribution in [1.29, 1.82) is 0 Å². The number of amides is 1. The SMILES string of the molecule is COC(=O)N1CCC[C@H](c2cc(C)nc3cc(C4CCC(C(F)(F)F)CC4)nn23)[C@@H]1C. The number of piperidine rings is 1. The fourth-order valence-corrected chi connectivity index (χ4v) is 5.24. The summed E-state index contributed by atoms with van der Waals surface area (Å²) in [5.74, 6) is -1.11. The molecule has 2 aliphatic rings. The quantitative estimate of drug-likeness (QED) is 0.646. The minimum Gasteiger partial charge on any atom is -0.453 e. The molecule has 1 aliphatic carbocycles. The normalized spacial score (nSPS) is 27.5. The Hall–Kier alpha value is -2.32. The van der Waals surface area contributed by atoms with Crippen molar-refractivity contribution in [3.8, 4) is 0 Å². The smallest absolute Gasteiger partial charge is 0.409 e. The summed E-state index contributed by atoms with van der Waals surface area (Å²) >= 11 is 0. The molecule has 2 aromatic heterocycles. The lowest BCUT2D eigenvalue weighted by Gasteiger charge is -2.38. The lowest BCUT2D eigenvalue weighted by Crippen LogP contribution is -2.46. The molecule has 4 rings (SSSR count). The van der Waals surface area contributed by atoms with Crippen LogP contribution in [0.4, 0.5) is 18.0 Å². The second-order valence-electron chi connectivity index (χ2n) is 8.90. The minimum absolute atomic E-state index is 0.0174. The molecule has 0 bridgehead atoms. The van der Waals surface area contributed by atoms with Crippen LogP contribution < -0.4 is 0 Å². The third-order valence-corrected chi connectivity index (χ3v) is 6.99. The first-order valence-electron chi connectivity index (χ1n) is 11.0. The molecule has 1 aliphatic heterocycles. The molecule has 31 heavy (non-hydrogen) atoms. The maximum Gasteiger partial charge on any atom is 0.409 e. The van der Waals surface area contributed by atoms with Crippen LogP contribution in [0, 0.1) is 12.8 Å². The summed E-state index contributed by atoms with van der Waals surface area (Å²) in [5.41, 5.74) is 3.37. The number of methoxy groups -OCH3 is 1. The van der Waals surface area contributed by atoms with Gasteiger partial charge in [-0.3, -0.25) is 0 Å². The molecule has 1 amide bonds. The zero-order chi connectivity index (χ0) is 22.3. The fraction of sp³-hybridized carbons (Fsp3) is 0.682. The van der Waals surface area contributed by atoms with Gasteiger partial charge in [-0.05, 0) is 58.4 Å². The van der Waals surface area contributed by atoms with Gasteiger partial charge in [0.05, 0.1) is 24.4 Å².